The molecule has 7 heteroatoms. The third-order valence-corrected chi connectivity index (χ3v) is 3.08. The van der Waals surface area contributed by atoms with Crippen molar-refractivity contribution in [2.45, 2.75) is 5.85 Å². The van der Waals surface area contributed by atoms with E-state index in [1.807, 2.05) is 0 Å². The molecule has 0 aliphatic carbocycles. The third-order valence-electron chi connectivity index (χ3n) is 2.58. The van der Waals surface area contributed by atoms with Crippen LogP contribution in [0, 0.1) is 0 Å². The molecular weight excluding hydrogens is 335 g/mol. The van der Waals surface area contributed by atoms with Crippen molar-refractivity contribution in [1.82, 2.24) is 0 Å². The average Bonchev–Trinajstić information content (AvgIpc) is 2.38. The number of hydrogen-bond donors (Lipinski definition) is 2. The highest BCUT2D eigenvalue weighted by atomic mass is 79.9. The average molecular weight is 343 g/mol. The lowest BCUT2D eigenvalue weighted by Crippen LogP contribution is -2.47. The molecule has 0 spiro atoms. The Hall–Kier alpha value is -2.15. The van der Waals surface area contributed by atoms with Crippen LogP contribution in [0.2, 0.25) is 0 Å². The quantitative estimate of drug-likeness (QED) is 0.834. The third kappa shape index (κ3) is 2.57. The number of alkyl halides is 1. The summed E-state index contributed by atoms with van der Waals surface area (Å²) < 4.78 is 19.1. The topological polar surface area (TPSA) is 83.8 Å². The SMILES string of the molecule is O=C(O)C(F)(Oc1ccc2cc(Br)ccc2c1)C(=O)O. The van der Waals surface area contributed by atoms with Crippen molar-refractivity contribution >= 4 is 38.6 Å². The Balaban J connectivity index is 2.41. The Morgan fingerprint density at radius 3 is 2.20 bits per heavy atom. The lowest BCUT2D eigenvalue weighted by molar-refractivity contribution is -0.191. The van der Waals surface area contributed by atoms with Crippen LogP contribution >= 0.6 is 15.9 Å². The highest BCUT2D eigenvalue weighted by molar-refractivity contribution is 9.10. The minimum Gasteiger partial charge on any atom is -0.476 e. The van der Waals surface area contributed by atoms with Gasteiger partial charge in [-0.25, -0.2) is 9.59 Å². The van der Waals surface area contributed by atoms with Gasteiger partial charge in [0, 0.05) is 4.47 Å². The maximum Gasteiger partial charge on any atom is 0.443 e. The van der Waals surface area contributed by atoms with Crippen molar-refractivity contribution in [2.24, 2.45) is 0 Å². The van der Waals surface area contributed by atoms with E-state index in [9.17, 15) is 14.0 Å². The van der Waals surface area contributed by atoms with E-state index in [-0.39, 0.29) is 5.75 Å². The molecule has 2 N–H and O–H groups in total. The number of benzene rings is 2. The molecule has 0 aliphatic heterocycles. The van der Waals surface area contributed by atoms with Crippen LogP contribution in [0.5, 0.6) is 5.75 Å². The number of fused-ring (bicyclic) bond motifs is 1. The normalized spacial score (nSPS) is 11.3. The molecule has 0 unspecified atom stereocenters. The van der Waals surface area contributed by atoms with Gasteiger partial charge in [-0.2, -0.15) is 4.39 Å². The van der Waals surface area contributed by atoms with Crippen molar-refractivity contribution in [3.05, 3.63) is 40.9 Å². The number of aliphatic carboxylic acids is 2. The van der Waals surface area contributed by atoms with Gasteiger partial charge < -0.3 is 14.9 Å². The highest BCUT2D eigenvalue weighted by Crippen LogP contribution is 2.27. The zero-order valence-electron chi connectivity index (χ0n) is 9.84. The molecule has 0 heterocycles. The first-order valence-corrected chi connectivity index (χ1v) is 6.16. The minimum atomic E-state index is -3.82. The molecule has 104 valence electrons. The molecule has 0 saturated heterocycles. The molecule has 0 bridgehead atoms. The molecule has 0 amide bonds. The molecular formula is C13H8BrFO5. The molecule has 5 nitrogen and oxygen atoms in total. The predicted molar refractivity (Wildman–Crippen MR) is 71.4 cm³/mol. The predicted octanol–water partition coefficient (Wildman–Crippen LogP) is 2.82. The fourth-order valence-corrected chi connectivity index (χ4v) is 1.98. The number of carboxylic acid groups (broad SMARTS) is 2. The van der Waals surface area contributed by atoms with Crippen molar-refractivity contribution < 1.29 is 28.9 Å². The van der Waals surface area contributed by atoms with Crippen LogP contribution in [0.1, 0.15) is 0 Å². The van der Waals surface area contributed by atoms with Gasteiger partial charge in [0.15, 0.2) is 0 Å². The number of halogens is 2. The van der Waals surface area contributed by atoms with Crippen LogP contribution in [-0.2, 0) is 9.59 Å². The Morgan fingerprint density at radius 2 is 1.60 bits per heavy atom. The maximum atomic E-state index is 13.8. The largest absolute Gasteiger partial charge is 0.476 e. The van der Waals surface area contributed by atoms with Crippen LogP contribution < -0.4 is 4.74 Å². The van der Waals surface area contributed by atoms with E-state index >= 15 is 0 Å². The Labute approximate surface area is 120 Å². The first-order valence-electron chi connectivity index (χ1n) is 5.37. The summed E-state index contributed by atoms with van der Waals surface area (Å²) in [5, 5.41) is 18.7. The number of carbonyl (C=O) groups is 2. The van der Waals surface area contributed by atoms with E-state index in [1.165, 1.54) is 12.1 Å². The summed E-state index contributed by atoms with van der Waals surface area (Å²) in [7, 11) is 0. The van der Waals surface area contributed by atoms with E-state index in [2.05, 4.69) is 20.7 Å². The van der Waals surface area contributed by atoms with Gasteiger partial charge in [-0.1, -0.05) is 28.1 Å². The van der Waals surface area contributed by atoms with E-state index in [0.29, 0.717) is 5.39 Å². The second kappa shape index (κ2) is 5.09. The van der Waals surface area contributed by atoms with Crippen molar-refractivity contribution in [3.8, 4) is 5.75 Å². The first-order chi connectivity index (χ1) is 9.33. The van der Waals surface area contributed by atoms with Gasteiger partial charge in [-0.3, -0.25) is 0 Å². The molecule has 2 aromatic rings. The smallest absolute Gasteiger partial charge is 0.443 e. The standard InChI is InChI=1S/C13H8BrFO5/c14-9-3-1-8-6-10(4-2-7(8)5-9)20-13(15,11(16)17)12(18)19/h1-6H,(H,16,17)(H,18,19). The Morgan fingerprint density at radius 1 is 1.05 bits per heavy atom. The number of hydrogen-bond acceptors (Lipinski definition) is 3. The molecule has 20 heavy (non-hydrogen) atoms. The molecule has 2 aromatic carbocycles. The van der Waals surface area contributed by atoms with E-state index in [1.54, 1.807) is 24.3 Å². The van der Waals surface area contributed by atoms with Crippen molar-refractivity contribution in [2.75, 3.05) is 0 Å². The Kier molecular flexibility index (Phi) is 3.63. The monoisotopic (exact) mass is 342 g/mol. The fraction of sp³-hybridized carbons (Fsp3) is 0.0769. The molecule has 2 rings (SSSR count). The van der Waals surface area contributed by atoms with Crippen LogP contribution in [-0.4, -0.2) is 28.0 Å². The lowest BCUT2D eigenvalue weighted by Gasteiger charge is -2.17. The number of carboxylic acids is 2. The lowest BCUT2D eigenvalue weighted by atomic mass is 10.1. The summed E-state index contributed by atoms with van der Waals surface area (Å²) in [6, 6.07) is 9.48. The van der Waals surface area contributed by atoms with Crippen molar-refractivity contribution in [3.63, 3.8) is 0 Å². The van der Waals surface area contributed by atoms with Gasteiger partial charge in [0.2, 0.25) is 0 Å². The van der Waals surface area contributed by atoms with Crippen LogP contribution in [0.25, 0.3) is 10.8 Å². The first kappa shape index (κ1) is 14.3. The molecule has 0 aromatic heterocycles. The van der Waals surface area contributed by atoms with E-state index in [0.717, 1.165) is 9.86 Å². The van der Waals surface area contributed by atoms with Gasteiger partial charge >= 0.3 is 17.8 Å². The summed E-state index contributed by atoms with van der Waals surface area (Å²) in [4.78, 5) is 21.4. The molecule has 0 radical (unpaired) electrons. The summed E-state index contributed by atoms with van der Waals surface area (Å²) in [6.45, 7) is 0. The second-order valence-electron chi connectivity index (χ2n) is 3.96. The molecule has 0 aliphatic rings. The molecule has 0 atom stereocenters. The zero-order valence-corrected chi connectivity index (χ0v) is 11.4. The van der Waals surface area contributed by atoms with Crippen LogP contribution in [0.3, 0.4) is 0 Å². The van der Waals surface area contributed by atoms with Gasteiger partial charge in [-0.05, 0) is 35.0 Å². The van der Waals surface area contributed by atoms with Crippen LogP contribution in [0.15, 0.2) is 40.9 Å². The van der Waals surface area contributed by atoms with Gasteiger partial charge in [-0.15, -0.1) is 0 Å². The zero-order chi connectivity index (χ0) is 14.9. The summed E-state index contributed by atoms with van der Waals surface area (Å²) >= 11 is 3.29. The summed E-state index contributed by atoms with van der Waals surface area (Å²) in [5.74, 6) is -8.45. The second-order valence-corrected chi connectivity index (χ2v) is 4.88. The van der Waals surface area contributed by atoms with E-state index in [4.69, 9.17) is 10.2 Å². The Bertz CT molecular complexity index is 686. The van der Waals surface area contributed by atoms with E-state index < -0.39 is 17.8 Å². The maximum absolute atomic E-state index is 13.8. The summed E-state index contributed by atoms with van der Waals surface area (Å²) in [6.07, 6.45) is 0. The van der Waals surface area contributed by atoms with Gasteiger partial charge in [0.25, 0.3) is 0 Å². The van der Waals surface area contributed by atoms with Crippen LogP contribution in [0.4, 0.5) is 4.39 Å². The van der Waals surface area contributed by atoms with Gasteiger partial charge in [0.05, 0.1) is 0 Å². The van der Waals surface area contributed by atoms with Gasteiger partial charge in [0.1, 0.15) is 5.75 Å². The molecule has 0 saturated carbocycles. The summed E-state index contributed by atoms with van der Waals surface area (Å²) in [5.41, 5.74) is 0. The number of ether oxygens (including phenoxy) is 1. The molecule has 0 fully saturated rings. The fourth-order valence-electron chi connectivity index (χ4n) is 1.60. The van der Waals surface area contributed by atoms with Crippen molar-refractivity contribution in [1.29, 1.82) is 0 Å². The minimum absolute atomic E-state index is 0.188. The number of rotatable bonds is 4. The highest BCUT2D eigenvalue weighted by Gasteiger charge is 2.51.